The first-order chi connectivity index (χ1) is 13.9. The van der Waals surface area contributed by atoms with Crippen molar-refractivity contribution in [3.05, 3.63) is 53.0 Å². The van der Waals surface area contributed by atoms with E-state index >= 15 is 0 Å². The van der Waals surface area contributed by atoms with Crippen LogP contribution in [-0.2, 0) is 9.31 Å². The van der Waals surface area contributed by atoms with Crippen LogP contribution in [0, 0.1) is 11.8 Å². The zero-order valence-electron chi connectivity index (χ0n) is 18.7. The van der Waals surface area contributed by atoms with Gasteiger partial charge in [0, 0.05) is 0 Å². The second-order valence-corrected chi connectivity index (χ2v) is 10.2. The van der Waals surface area contributed by atoms with Crippen molar-refractivity contribution in [2.45, 2.75) is 90.3 Å². The molecule has 0 radical (unpaired) electrons. The molecule has 1 heterocycles. The molecular weight excluding hydrogens is 355 g/mol. The lowest BCUT2D eigenvalue weighted by Gasteiger charge is -2.32. The summed E-state index contributed by atoms with van der Waals surface area (Å²) in [4.78, 5) is 0. The van der Waals surface area contributed by atoms with Crippen molar-refractivity contribution in [2.75, 3.05) is 0 Å². The third-order valence-corrected chi connectivity index (χ3v) is 7.57. The van der Waals surface area contributed by atoms with Gasteiger partial charge in [0.1, 0.15) is 0 Å². The SMILES string of the molecule is CC1(C)OB(C(=C\C2CCCC2)/C(=C/c2ccccc2)C2CCCC2)OC1(C)C. The van der Waals surface area contributed by atoms with Gasteiger partial charge < -0.3 is 9.31 Å². The van der Waals surface area contributed by atoms with E-state index in [0.29, 0.717) is 11.8 Å². The summed E-state index contributed by atoms with van der Waals surface area (Å²) < 4.78 is 13.2. The van der Waals surface area contributed by atoms with Crippen LogP contribution in [0.5, 0.6) is 0 Å². The van der Waals surface area contributed by atoms with Gasteiger partial charge in [-0.1, -0.05) is 68.2 Å². The zero-order chi connectivity index (χ0) is 20.5. The lowest BCUT2D eigenvalue weighted by atomic mass is 9.68. The fourth-order valence-electron chi connectivity index (χ4n) is 5.06. The van der Waals surface area contributed by atoms with E-state index in [1.54, 1.807) is 0 Å². The Morgan fingerprint density at radius 3 is 2.00 bits per heavy atom. The maximum Gasteiger partial charge on any atom is 0.494 e. The minimum absolute atomic E-state index is 0.267. The monoisotopic (exact) mass is 392 g/mol. The Hall–Kier alpha value is -1.32. The average Bonchev–Trinajstić information content (AvgIpc) is 3.41. The Kier molecular flexibility index (Phi) is 6.09. The molecule has 1 aromatic carbocycles. The van der Waals surface area contributed by atoms with Gasteiger partial charge in [-0.3, -0.25) is 0 Å². The molecule has 3 heteroatoms. The van der Waals surface area contributed by atoms with E-state index in [9.17, 15) is 0 Å². The van der Waals surface area contributed by atoms with E-state index < -0.39 is 0 Å². The maximum atomic E-state index is 6.58. The van der Waals surface area contributed by atoms with Crippen molar-refractivity contribution in [1.82, 2.24) is 0 Å². The van der Waals surface area contributed by atoms with Crippen LogP contribution in [0.2, 0.25) is 0 Å². The van der Waals surface area contributed by atoms with Gasteiger partial charge in [0.15, 0.2) is 0 Å². The van der Waals surface area contributed by atoms with Gasteiger partial charge in [-0.25, -0.2) is 0 Å². The Labute approximate surface area is 177 Å². The standard InChI is InChI=1S/C26H37BO2/c1-25(2)26(3,4)29-27(28-25)24(19-21-14-8-9-15-21)23(22-16-10-11-17-22)18-20-12-6-5-7-13-20/h5-7,12-13,18-19,21-22H,8-11,14-17H2,1-4H3/b23-18+,24-19-. The van der Waals surface area contributed by atoms with Crippen LogP contribution < -0.4 is 0 Å². The second-order valence-electron chi connectivity index (χ2n) is 10.2. The van der Waals surface area contributed by atoms with Gasteiger partial charge in [0.05, 0.1) is 11.2 Å². The smallest absolute Gasteiger partial charge is 0.399 e. The maximum absolute atomic E-state index is 6.58. The van der Waals surface area contributed by atoms with Crippen LogP contribution in [0.4, 0.5) is 0 Å². The number of rotatable bonds is 5. The van der Waals surface area contributed by atoms with Crippen LogP contribution in [0.1, 0.15) is 84.6 Å². The van der Waals surface area contributed by atoms with Gasteiger partial charge in [0.25, 0.3) is 0 Å². The van der Waals surface area contributed by atoms with E-state index in [0.717, 1.165) is 0 Å². The van der Waals surface area contributed by atoms with Crippen LogP contribution in [0.3, 0.4) is 0 Å². The highest BCUT2D eigenvalue weighted by molar-refractivity contribution is 6.56. The molecule has 3 aliphatic rings. The van der Waals surface area contributed by atoms with Crippen molar-refractivity contribution >= 4 is 13.2 Å². The first kappa shape index (κ1) is 20.9. The third kappa shape index (κ3) is 4.56. The summed E-state index contributed by atoms with van der Waals surface area (Å²) in [6, 6.07) is 10.8. The van der Waals surface area contributed by atoms with E-state index in [2.05, 4.69) is 70.2 Å². The molecule has 3 fully saturated rings. The van der Waals surface area contributed by atoms with Crippen LogP contribution in [0.25, 0.3) is 6.08 Å². The molecular formula is C26H37BO2. The average molecular weight is 392 g/mol. The lowest BCUT2D eigenvalue weighted by molar-refractivity contribution is 0.00578. The molecule has 0 aromatic heterocycles. The quantitative estimate of drug-likeness (QED) is 0.396. The van der Waals surface area contributed by atoms with Crippen molar-refractivity contribution in [1.29, 1.82) is 0 Å². The van der Waals surface area contributed by atoms with E-state index in [1.165, 1.54) is 68.0 Å². The number of hydrogen-bond donors (Lipinski definition) is 0. The number of allylic oxidation sites excluding steroid dienone is 3. The molecule has 0 amide bonds. The molecule has 2 nitrogen and oxygen atoms in total. The molecule has 0 atom stereocenters. The van der Waals surface area contributed by atoms with Crippen LogP contribution in [0.15, 0.2) is 47.5 Å². The minimum atomic E-state index is -0.306. The fourth-order valence-corrected chi connectivity index (χ4v) is 5.06. The zero-order valence-corrected chi connectivity index (χ0v) is 18.7. The predicted molar refractivity (Wildman–Crippen MR) is 123 cm³/mol. The molecule has 0 bridgehead atoms. The Morgan fingerprint density at radius 1 is 0.862 bits per heavy atom. The topological polar surface area (TPSA) is 18.5 Å². The van der Waals surface area contributed by atoms with E-state index in [1.807, 2.05) is 0 Å². The normalized spacial score (nSPS) is 25.9. The summed E-state index contributed by atoms with van der Waals surface area (Å²) in [5.74, 6) is 1.27. The molecule has 29 heavy (non-hydrogen) atoms. The molecule has 156 valence electrons. The van der Waals surface area contributed by atoms with Crippen LogP contribution in [-0.4, -0.2) is 18.3 Å². The predicted octanol–water partition coefficient (Wildman–Crippen LogP) is 7.01. The molecule has 2 aliphatic carbocycles. The molecule has 1 aromatic rings. The summed E-state index contributed by atoms with van der Waals surface area (Å²) in [5, 5.41) is 0. The highest BCUT2D eigenvalue weighted by Gasteiger charge is 2.53. The highest BCUT2D eigenvalue weighted by Crippen LogP contribution is 2.44. The third-order valence-electron chi connectivity index (χ3n) is 7.57. The summed E-state index contributed by atoms with van der Waals surface area (Å²) in [6.45, 7) is 8.65. The molecule has 0 spiro atoms. The first-order valence-electron chi connectivity index (χ1n) is 11.7. The largest absolute Gasteiger partial charge is 0.494 e. The number of hydrogen-bond acceptors (Lipinski definition) is 2. The Morgan fingerprint density at radius 2 is 1.41 bits per heavy atom. The summed E-state index contributed by atoms with van der Waals surface area (Å²) in [7, 11) is -0.267. The first-order valence-corrected chi connectivity index (χ1v) is 11.7. The minimum Gasteiger partial charge on any atom is -0.399 e. The molecule has 0 unspecified atom stereocenters. The van der Waals surface area contributed by atoms with Gasteiger partial charge in [0.2, 0.25) is 0 Å². The van der Waals surface area contributed by atoms with E-state index in [4.69, 9.17) is 9.31 Å². The van der Waals surface area contributed by atoms with Gasteiger partial charge in [-0.15, -0.1) is 0 Å². The van der Waals surface area contributed by atoms with Crippen molar-refractivity contribution < 1.29 is 9.31 Å². The van der Waals surface area contributed by atoms with Gasteiger partial charge in [-0.05, 0) is 81.8 Å². The summed E-state index contributed by atoms with van der Waals surface area (Å²) in [5.41, 5.74) is 3.44. The molecule has 4 rings (SSSR count). The molecule has 1 aliphatic heterocycles. The van der Waals surface area contributed by atoms with Crippen molar-refractivity contribution in [3.8, 4) is 0 Å². The summed E-state index contributed by atoms with van der Waals surface area (Å²) in [6.07, 6.45) is 15.5. The van der Waals surface area contributed by atoms with Crippen molar-refractivity contribution in [3.63, 3.8) is 0 Å². The second kappa shape index (κ2) is 8.43. The highest BCUT2D eigenvalue weighted by atomic mass is 16.7. The van der Waals surface area contributed by atoms with E-state index in [-0.39, 0.29) is 18.3 Å². The molecule has 2 saturated carbocycles. The Balaban J connectivity index is 1.76. The molecule has 1 saturated heterocycles. The number of benzene rings is 1. The van der Waals surface area contributed by atoms with Crippen molar-refractivity contribution in [2.24, 2.45) is 11.8 Å². The van der Waals surface area contributed by atoms with Gasteiger partial charge >= 0.3 is 7.12 Å². The van der Waals surface area contributed by atoms with Gasteiger partial charge in [-0.2, -0.15) is 0 Å². The Bertz CT molecular complexity index is 734. The van der Waals surface area contributed by atoms with Crippen LogP contribution >= 0.6 is 0 Å². The fraction of sp³-hybridized carbons (Fsp3) is 0.615. The molecule has 0 N–H and O–H groups in total. The lowest BCUT2D eigenvalue weighted by Crippen LogP contribution is -2.41. The summed E-state index contributed by atoms with van der Waals surface area (Å²) >= 11 is 0.